The summed E-state index contributed by atoms with van der Waals surface area (Å²) in [6.45, 7) is 9.22. The van der Waals surface area contributed by atoms with Crippen LogP contribution < -0.4 is 5.32 Å². The molecule has 184 valence electrons. The number of nitrogens with one attached hydrogen (secondary N) is 1. The number of hydrogen-bond acceptors (Lipinski definition) is 3. The van der Waals surface area contributed by atoms with Gasteiger partial charge in [-0.05, 0) is 59.9 Å². The Kier molecular flexibility index (Phi) is 9.84. The molecule has 4 rings (SSSR count). The SMILES string of the molecule is CC(=O)N1CCN(S(=O)c2ccc(CC3CC3)cc2)CC1.CC(C)c1ccc(CNC=O)cc1. The highest BCUT2D eigenvalue weighted by Crippen LogP contribution is 2.32. The van der Waals surface area contributed by atoms with Gasteiger partial charge >= 0.3 is 0 Å². The van der Waals surface area contributed by atoms with Crippen LogP contribution in [0.4, 0.5) is 0 Å². The van der Waals surface area contributed by atoms with Crippen LogP contribution in [0.2, 0.25) is 0 Å². The summed E-state index contributed by atoms with van der Waals surface area (Å²) in [4.78, 5) is 24.0. The summed E-state index contributed by atoms with van der Waals surface area (Å²) in [5.74, 6) is 1.54. The zero-order valence-corrected chi connectivity index (χ0v) is 21.4. The lowest BCUT2D eigenvalue weighted by atomic mass is 10.0. The first-order valence-electron chi connectivity index (χ1n) is 12.1. The molecule has 0 aromatic heterocycles. The van der Waals surface area contributed by atoms with Gasteiger partial charge in [-0.15, -0.1) is 0 Å². The highest BCUT2D eigenvalue weighted by atomic mass is 32.2. The number of benzene rings is 2. The third-order valence-corrected chi connectivity index (χ3v) is 7.81. The molecule has 6 nitrogen and oxygen atoms in total. The fraction of sp³-hybridized carbons (Fsp3) is 0.481. The highest BCUT2D eigenvalue weighted by Gasteiger charge is 2.24. The maximum absolute atomic E-state index is 12.6. The summed E-state index contributed by atoms with van der Waals surface area (Å²) >= 11 is 0. The third kappa shape index (κ3) is 8.06. The summed E-state index contributed by atoms with van der Waals surface area (Å²) in [5, 5.41) is 2.63. The van der Waals surface area contributed by atoms with Gasteiger partial charge in [-0.1, -0.05) is 50.2 Å². The minimum atomic E-state index is -1.11. The molecule has 0 radical (unpaired) electrons. The van der Waals surface area contributed by atoms with Crippen molar-refractivity contribution in [2.24, 2.45) is 5.92 Å². The van der Waals surface area contributed by atoms with E-state index in [4.69, 9.17) is 0 Å². The normalized spacial score (nSPS) is 17.0. The smallest absolute Gasteiger partial charge is 0.219 e. The predicted octanol–water partition coefficient (Wildman–Crippen LogP) is 3.88. The van der Waals surface area contributed by atoms with Gasteiger partial charge in [-0.3, -0.25) is 9.59 Å². The average molecular weight is 484 g/mol. The second kappa shape index (κ2) is 12.8. The molecule has 7 heteroatoms. The molecule has 1 atom stereocenters. The molecule has 1 saturated heterocycles. The van der Waals surface area contributed by atoms with Crippen molar-refractivity contribution >= 4 is 23.3 Å². The summed E-state index contributed by atoms with van der Waals surface area (Å²) in [6, 6.07) is 16.5. The van der Waals surface area contributed by atoms with Crippen molar-refractivity contribution in [2.45, 2.75) is 57.4 Å². The van der Waals surface area contributed by atoms with E-state index in [1.54, 1.807) is 6.92 Å². The molecule has 34 heavy (non-hydrogen) atoms. The summed E-state index contributed by atoms with van der Waals surface area (Å²) in [5.41, 5.74) is 3.81. The van der Waals surface area contributed by atoms with Crippen LogP contribution >= 0.6 is 0 Å². The number of piperazine rings is 1. The Morgan fingerprint density at radius 3 is 2.09 bits per heavy atom. The first-order valence-corrected chi connectivity index (χ1v) is 13.2. The van der Waals surface area contributed by atoms with Gasteiger partial charge in [-0.2, -0.15) is 0 Å². The van der Waals surface area contributed by atoms with Gasteiger partial charge in [0.1, 0.15) is 11.0 Å². The number of hydrogen-bond donors (Lipinski definition) is 1. The van der Waals surface area contributed by atoms with Crippen LogP contribution in [0.3, 0.4) is 0 Å². The average Bonchev–Trinajstić information content (AvgIpc) is 3.67. The maximum atomic E-state index is 12.6. The van der Waals surface area contributed by atoms with Gasteiger partial charge in [0, 0.05) is 39.6 Å². The van der Waals surface area contributed by atoms with Crippen molar-refractivity contribution in [3.05, 3.63) is 65.2 Å². The molecule has 0 spiro atoms. The van der Waals surface area contributed by atoms with E-state index in [0.29, 0.717) is 38.6 Å². The van der Waals surface area contributed by atoms with E-state index in [1.165, 1.54) is 24.0 Å². The van der Waals surface area contributed by atoms with E-state index in [9.17, 15) is 13.8 Å². The lowest BCUT2D eigenvalue weighted by Crippen LogP contribution is -2.48. The Labute approximate surface area is 206 Å². The summed E-state index contributed by atoms with van der Waals surface area (Å²) in [7, 11) is -1.11. The molecule has 0 bridgehead atoms. The standard InChI is InChI=1S/C16H22N2O2S.C11H15NO/c1-13(19)17-8-10-18(11-9-17)21(20)16-6-4-15(5-7-16)12-14-2-3-14;1-9(2)11-5-3-10(4-6-11)7-12-8-13/h4-7,14H,2-3,8-12H2,1H3;3-6,8-9H,7H2,1-2H3,(H,12,13). The Hall–Kier alpha value is -2.51. The van der Waals surface area contributed by atoms with Crippen molar-refractivity contribution in [3.8, 4) is 0 Å². The number of nitrogens with zero attached hydrogens (tertiary/aromatic N) is 2. The maximum Gasteiger partial charge on any atom is 0.219 e. The summed E-state index contributed by atoms with van der Waals surface area (Å²) in [6.07, 6.45) is 4.59. The minimum Gasteiger partial charge on any atom is -0.355 e. The van der Waals surface area contributed by atoms with Gasteiger partial charge in [0.2, 0.25) is 12.3 Å². The lowest BCUT2D eigenvalue weighted by Gasteiger charge is -2.33. The van der Waals surface area contributed by atoms with Gasteiger partial charge in [0.05, 0.1) is 4.90 Å². The van der Waals surface area contributed by atoms with Crippen LogP contribution in [0.15, 0.2) is 53.4 Å². The molecule has 1 heterocycles. The highest BCUT2D eigenvalue weighted by molar-refractivity contribution is 7.82. The van der Waals surface area contributed by atoms with E-state index >= 15 is 0 Å². The first kappa shape index (κ1) is 26.1. The zero-order valence-electron chi connectivity index (χ0n) is 20.5. The second-order valence-electron chi connectivity index (χ2n) is 9.37. The molecule has 2 aromatic rings. The fourth-order valence-corrected chi connectivity index (χ4v) is 5.06. The zero-order chi connectivity index (χ0) is 24.5. The Morgan fingerprint density at radius 1 is 1.00 bits per heavy atom. The van der Waals surface area contributed by atoms with E-state index in [2.05, 4.69) is 43.4 Å². The van der Waals surface area contributed by atoms with Crippen LogP contribution in [-0.4, -0.2) is 51.9 Å². The molecule has 1 aliphatic carbocycles. The van der Waals surface area contributed by atoms with Crippen molar-refractivity contribution in [1.82, 2.24) is 14.5 Å². The van der Waals surface area contributed by atoms with Crippen LogP contribution in [-0.2, 0) is 33.5 Å². The van der Waals surface area contributed by atoms with E-state index in [0.717, 1.165) is 29.2 Å². The molecule has 1 N–H and O–H groups in total. The largest absolute Gasteiger partial charge is 0.355 e. The van der Waals surface area contributed by atoms with Crippen LogP contribution in [0.1, 0.15) is 56.2 Å². The van der Waals surface area contributed by atoms with Crippen LogP contribution in [0.5, 0.6) is 0 Å². The fourth-order valence-electron chi connectivity index (χ4n) is 3.90. The number of carbonyl (C=O) groups excluding carboxylic acids is 2. The monoisotopic (exact) mass is 483 g/mol. The van der Waals surface area contributed by atoms with Gasteiger partial charge in [0.15, 0.2) is 0 Å². The molecule has 1 unspecified atom stereocenters. The van der Waals surface area contributed by atoms with Crippen molar-refractivity contribution in [2.75, 3.05) is 26.2 Å². The number of carbonyl (C=O) groups is 2. The molecule has 1 aliphatic heterocycles. The van der Waals surface area contributed by atoms with E-state index in [-0.39, 0.29) is 5.91 Å². The molecule has 2 amide bonds. The van der Waals surface area contributed by atoms with Gasteiger partial charge in [0.25, 0.3) is 0 Å². The van der Waals surface area contributed by atoms with Crippen LogP contribution in [0.25, 0.3) is 0 Å². The molecule has 1 saturated carbocycles. The topological polar surface area (TPSA) is 69.7 Å². The van der Waals surface area contributed by atoms with E-state index < -0.39 is 11.0 Å². The van der Waals surface area contributed by atoms with Crippen molar-refractivity contribution < 1.29 is 13.8 Å². The predicted molar refractivity (Wildman–Crippen MR) is 137 cm³/mol. The molecular weight excluding hydrogens is 446 g/mol. The Bertz CT molecular complexity index is 948. The second-order valence-corrected chi connectivity index (χ2v) is 10.9. The van der Waals surface area contributed by atoms with Crippen molar-refractivity contribution in [3.63, 3.8) is 0 Å². The lowest BCUT2D eigenvalue weighted by molar-refractivity contribution is -0.129. The summed E-state index contributed by atoms with van der Waals surface area (Å²) < 4.78 is 14.5. The Balaban J connectivity index is 0.000000215. The number of amides is 2. The number of rotatable bonds is 8. The molecular formula is C27H37N3O3S. The first-order chi connectivity index (χ1) is 16.4. The molecule has 2 fully saturated rings. The third-order valence-electron chi connectivity index (χ3n) is 6.30. The molecule has 2 aromatic carbocycles. The van der Waals surface area contributed by atoms with Gasteiger partial charge < -0.3 is 10.2 Å². The quantitative estimate of drug-likeness (QED) is 0.580. The minimum absolute atomic E-state index is 0.102. The Morgan fingerprint density at radius 2 is 1.59 bits per heavy atom. The van der Waals surface area contributed by atoms with E-state index in [1.807, 2.05) is 33.5 Å². The molecule has 2 aliphatic rings. The van der Waals surface area contributed by atoms with Crippen molar-refractivity contribution in [1.29, 1.82) is 0 Å². The van der Waals surface area contributed by atoms with Gasteiger partial charge in [-0.25, -0.2) is 8.51 Å². The van der Waals surface area contributed by atoms with Crippen LogP contribution in [0, 0.1) is 5.92 Å².